The number of fused-ring (bicyclic) bond motifs is 3. The molecule has 1 aromatic rings. The second-order valence-corrected chi connectivity index (χ2v) is 8.79. The number of carbonyl (C=O) groups is 3. The molecule has 1 aliphatic heterocycles. The molecule has 0 radical (unpaired) electrons. The molecule has 1 fully saturated rings. The van der Waals surface area contributed by atoms with Crippen molar-refractivity contribution >= 4 is 17.3 Å². The molecular weight excluding hydrogens is 358 g/mol. The van der Waals surface area contributed by atoms with Gasteiger partial charge in [-0.25, -0.2) is 0 Å². The Bertz CT molecular complexity index is 1130. The highest BCUT2D eigenvalue weighted by Crippen LogP contribution is 2.59. The topological polar surface area (TPSA) is 96.5 Å². The van der Waals surface area contributed by atoms with Crippen LogP contribution < -0.4 is 0 Å². The summed E-state index contributed by atoms with van der Waals surface area (Å²) in [5.41, 5.74) is 0.110. The Hall–Kier alpha value is -2.73. The zero-order chi connectivity index (χ0) is 20.3. The number of aromatic amines is 1. The fraction of sp³-hybridized carbons (Fsp3) is 0.409. The molecule has 2 N–H and O–H groups in total. The van der Waals surface area contributed by atoms with Gasteiger partial charge in [-0.05, 0) is 49.6 Å². The number of carbonyl (C=O) groups excluding carboxylic acids is 3. The van der Waals surface area contributed by atoms with E-state index in [4.69, 9.17) is 4.74 Å². The normalized spacial score (nSPS) is 32.8. The minimum absolute atomic E-state index is 0.0906. The number of rotatable bonds is 0. The molecule has 0 bridgehead atoms. The number of nitrogens with one attached hydrogen (secondary N) is 1. The highest BCUT2D eigenvalue weighted by molar-refractivity contribution is 6.33. The summed E-state index contributed by atoms with van der Waals surface area (Å²) in [5, 5.41) is 11.6. The lowest BCUT2D eigenvalue weighted by atomic mass is 9.59. The van der Waals surface area contributed by atoms with E-state index in [2.05, 4.69) is 4.98 Å². The number of hydrogen-bond acceptors (Lipinski definition) is 5. The van der Waals surface area contributed by atoms with Crippen LogP contribution in [-0.4, -0.2) is 39.1 Å². The van der Waals surface area contributed by atoms with Gasteiger partial charge in [-0.3, -0.25) is 14.4 Å². The summed E-state index contributed by atoms with van der Waals surface area (Å²) in [6.45, 7) is 8.87. The second kappa shape index (κ2) is 4.81. The summed E-state index contributed by atoms with van der Waals surface area (Å²) < 4.78 is 6.03. The molecule has 0 amide bonds. The Morgan fingerprint density at radius 3 is 2.50 bits per heavy atom. The van der Waals surface area contributed by atoms with E-state index in [1.807, 2.05) is 0 Å². The molecule has 3 atom stereocenters. The average molecular weight is 379 g/mol. The van der Waals surface area contributed by atoms with E-state index in [0.29, 0.717) is 22.3 Å². The molecule has 28 heavy (non-hydrogen) atoms. The van der Waals surface area contributed by atoms with Crippen LogP contribution >= 0.6 is 0 Å². The quantitative estimate of drug-likeness (QED) is 0.675. The Labute approximate surface area is 162 Å². The van der Waals surface area contributed by atoms with Gasteiger partial charge in [0.05, 0.1) is 17.2 Å². The molecule has 5 rings (SSSR count). The maximum Gasteiger partial charge on any atom is 0.213 e. The number of aliphatic hydroxyl groups is 1. The smallest absolute Gasteiger partial charge is 0.213 e. The van der Waals surface area contributed by atoms with Gasteiger partial charge in [0.2, 0.25) is 11.6 Å². The lowest BCUT2D eigenvalue weighted by Crippen LogP contribution is -2.55. The zero-order valence-electron chi connectivity index (χ0n) is 16.4. The lowest BCUT2D eigenvalue weighted by Gasteiger charge is -2.42. The maximum absolute atomic E-state index is 13.6. The maximum atomic E-state index is 13.6. The van der Waals surface area contributed by atoms with Crippen molar-refractivity contribution in [2.75, 3.05) is 0 Å². The number of allylic oxidation sites excluding steroid dienone is 4. The van der Waals surface area contributed by atoms with Crippen LogP contribution in [0.3, 0.4) is 0 Å². The second-order valence-electron chi connectivity index (χ2n) is 8.79. The van der Waals surface area contributed by atoms with Crippen LogP contribution in [0.1, 0.15) is 55.4 Å². The predicted octanol–water partition coefficient (Wildman–Crippen LogP) is 2.44. The molecule has 1 saturated heterocycles. The summed E-state index contributed by atoms with van der Waals surface area (Å²) in [7, 11) is 0. The number of ether oxygens (including phenoxy) is 1. The van der Waals surface area contributed by atoms with E-state index < -0.39 is 34.6 Å². The van der Waals surface area contributed by atoms with Crippen molar-refractivity contribution in [2.45, 2.75) is 52.2 Å². The van der Waals surface area contributed by atoms with Gasteiger partial charge < -0.3 is 14.8 Å². The summed E-state index contributed by atoms with van der Waals surface area (Å²) in [4.78, 5) is 42.9. The Morgan fingerprint density at radius 2 is 1.82 bits per heavy atom. The third-order valence-corrected chi connectivity index (χ3v) is 6.97. The Kier molecular flexibility index (Phi) is 2.98. The molecule has 4 aliphatic rings. The van der Waals surface area contributed by atoms with Crippen LogP contribution in [0.2, 0.25) is 0 Å². The molecule has 144 valence electrons. The van der Waals surface area contributed by atoms with Crippen LogP contribution in [-0.2, 0) is 14.3 Å². The number of Topliss-reactive ketones (excluding diaryl/α,β-unsaturated/α-hetero) is 2. The van der Waals surface area contributed by atoms with Crippen LogP contribution in [0.4, 0.5) is 0 Å². The Balaban J connectivity index is 1.92. The summed E-state index contributed by atoms with van der Waals surface area (Å²) in [6, 6.07) is 1.78. The standard InChI is InChI=1S/C22H21NO5/c1-8-6-12(24)14-11-7-9(2)23-17(11)18(25)16-15(14)13(8)20-22(27,19(16)26)21(4,5)10(3)28-20/h6-7,10,14,23,27H,1-5H3/t10-,14?,22+/m0/s1. The van der Waals surface area contributed by atoms with Crippen molar-refractivity contribution in [2.24, 2.45) is 5.41 Å². The molecule has 6 nitrogen and oxygen atoms in total. The predicted molar refractivity (Wildman–Crippen MR) is 99.7 cm³/mol. The van der Waals surface area contributed by atoms with Crippen molar-refractivity contribution in [3.05, 3.63) is 57.1 Å². The van der Waals surface area contributed by atoms with Gasteiger partial charge in [-0.15, -0.1) is 0 Å². The van der Waals surface area contributed by atoms with E-state index in [1.54, 1.807) is 40.7 Å². The van der Waals surface area contributed by atoms with Crippen LogP contribution in [0, 0.1) is 12.3 Å². The van der Waals surface area contributed by atoms with Crippen molar-refractivity contribution < 1.29 is 24.2 Å². The first-order valence-corrected chi connectivity index (χ1v) is 9.41. The third kappa shape index (κ3) is 1.63. The van der Waals surface area contributed by atoms with Gasteiger partial charge in [-0.1, -0.05) is 13.8 Å². The molecule has 1 unspecified atom stereocenters. The fourth-order valence-electron chi connectivity index (χ4n) is 5.06. The van der Waals surface area contributed by atoms with E-state index in [1.165, 1.54) is 6.08 Å². The number of hydrogen-bond donors (Lipinski definition) is 2. The van der Waals surface area contributed by atoms with Gasteiger partial charge in [0.1, 0.15) is 11.9 Å². The number of aryl methyl sites for hydroxylation is 1. The fourth-order valence-corrected chi connectivity index (χ4v) is 5.06. The highest BCUT2D eigenvalue weighted by Gasteiger charge is 2.67. The molecular formula is C22H21NO5. The highest BCUT2D eigenvalue weighted by atomic mass is 16.5. The van der Waals surface area contributed by atoms with Gasteiger partial charge in [0.25, 0.3) is 0 Å². The summed E-state index contributed by atoms with van der Waals surface area (Å²) >= 11 is 0. The van der Waals surface area contributed by atoms with Crippen molar-refractivity contribution in [3.8, 4) is 0 Å². The van der Waals surface area contributed by atoms with E-state index in [0.717, 1.165) is 5.69 Å². The third-order valence-electron chi connectivity index (χ3n) is 6.97. The zero-order valence-corrected chi connectivity index (χ0v) is 16.4. The van der Waals surface area contributed by atoms with E-state index >= 15 is 0 Å². The van der Waals surface area contributed by atoms with Gasteiger partial charge in [0, 0.05) is 16.7 Å². The van der Waals surface area contributed by atoms with Crippen LogP contribution in [0.15, 0.2) is 40.2 Å². The first kappa shape index (κ1) is 17.4. The molecule has 0 saturated carbocycles. The van der Waals surface area contributed by atoms with Crippen molar-refractivity contribution in [1.82, 2.24) is 4.98 Å². The van der Waals surface area contributed by atoms with E-state index in [9.17, 15) is 19.5 Å². The number of H-pyrrole nitrogens is 1. The summed E-state index contributed by atoms with van der Waals surface area (Å²) in [5.74, 6) is -1.89. The largest absolute Gasteiger partial charge is 0.490 e. The Morgan fingerprint density at radius 1 is 1.14 bits per heavy atom. The molecule has 2 heterocycles. The number of ketones is 3. The lowest BCUT2D eigenvalue weighted by molar-refractivity contribution is -0.138. The molecule has 3 aliphatic carbocycles. The molecule has 6 heteroatoms. The summed E-state index contributed by atoms with van der Waals surface area (Å²) in [6.07, 6.45) is 1.08. The monoisotopic (exact) mass is 379 g/mol. The van der Waals surface area contributed by atoms with Gasteiger partial charge in [-0.2, -0.15) is 0 Å². The van der Waals surface area contributed by atoms with E-state index in [-0.39, 0.29) is 22.8 Å². The molecule has 0 aromatic carbocycles. The van der Waals surface area contributed by atoms with Crippen molar-refractivity contribution in [3.63, 3.8) is 0 Å². The van der Waals surface area contributed by atoms with Crippen molar-refractivity contribution in [1.29, 1.82) is 0 Å². The minimum Gasteiger partial charge on any atom is -0.490 e. The van der Waals surface area contributed by atoms with Crippen LogP contribution in [0.5, 0.6) is 0 Å². The van der Waals surface area contributed by atoms with Gasteiger partial charge >= 0.3 is 0 Å². The molecule has 0 spiro atoms. The minimum atomic E-state index is -1.95. The average Bonchev–Trinajstić information content (AvgIpc) is 3.07. The molecule has 1 aromatic heterocycles. The number of aromatic nitrogens is 1. The first-order valence-electron chi connectivity index (χ1n) is 9.41. The first-order chi connectivity index (χ1) is 13.0. The van der Waals surface area contributed by atoms with Gasteiger partial charge in [0.15, 0.2) is 11.4 Å². The van der Waals surface area contributed by atoms with Crippen LogP contribution in [0.25, 0.3) is 0 Å². The SMILES string of the molecule is CC1=CC(=O)C2C3=C(C(=O)c4[nH]c(C)cc42)C(=O)[C@@]2(O)C(=C13)O[C@@H](C)C2(C)C.